The summed E-state index contributed by atoms with van der Waals surface area (Å²) >= 11 is 0. The van der Waals surface area contributed by atoms with Crippen molar-refractivity contribution in [2.75, 3.05) is 46.9 Å². The molecule has 0 spiro atoms. The van der Waals surface area contributed by atoms with E-state index in [1.807, 2.05) is 0 Å². The number of guanidine groups is 1. The normalized spacial score (nSPS) is 24.1. The molecule has 2 heterocycles. The molecule has 2 atom stereocenters. The van der Waals surface area contributed by atoms with Gasteiger partial charge in [0.2, 0.25) is 0 Å². The Morgan fingerprint density at radius 2 is 1.86 bits per heavy atom. The fourth-order valence-corrected chi connectivity index (χ4v) is 4.49. The molecule has 3 rings (SSSR count). The average Bonchev–Trinajstić information content (AvgIpc) is 2.72. The highest BCUT2D eigenvalue weighted by Crippen LogP contribution is 2.36. The summed E-state index contributed by atoms with van der Waals surface area (Å²) in [7, 11) is 3.93. The number of piperidine rings is 2. The average molecular weight is 516 g/mol. The molecule has 0 aromatic heterocycles. The number of nitrogens with zero attached hydrogens (tertiary/aromatic N) is 3. The first kappa shape index (κ1) is 24.2. The fourth-order valence-electron chi connectivity index (χ4n) is 4.49. The maximum atomic E-state index is 9.80. The Bertz CT molecular complexity index is 632. The van der Waals surface area contributed by atoms with Crippen molar-refractivity contribution in [1.29, 1.82) is 0 Å². The summed E-state index contributed by atoms with van der Waals surface area (Å²) in [6.45, 7) is 6.68. The van der Waals surface area contributed by atoms with E-state index in [1.165, 1.54) is 18.4 Å². The molecule has 2 aliphatic rings. The molecule has 0 saturated carbocycles. The highest BCUT2D eigenvalue weighted by Gasteiger charge is 2.31. The molecule has 29 heavy (non-hydrogen) atoms. The van der Waals surface area contributed by atoms with Crippen LogP contribution < -0.4 is 10.1 Å². The molecule has 2 aliphatic heterocycles. The summed E-state index contributed by atoms with van der Waals surface area (Å²) < 4.78 is 5.32. The highest BCUT2D eigenvalue weighted by molar-refractivity contribution is 14.0. The van der Waals surface area contributed by atoms with Gasteiger partial charge in [0.15, 0.2) is 5.96 Å². The van der Waals surface area contributed by atoms with E-state index in [1.54, 1.807) is 7.11 Å². The van der Waals surface area contributed by atoms with Gasteiger partial charge in [-0.1, -0.05) is 12.1 Å². The Kier molecular flexibility index (Phi) is 9.98. The summed E-state index contributed by atoms with van der Waals surface area (Å²) in [5, 5.41) is 13.3. The van der Waals surface area contributed by atoms with E-state index in [4.69, 9.17) is 9.73 Å². The first-order chi connectivity index (χ1) is 13.6. The van der Waals surface area contributed by atoms with E-state index in [2.05, 4.69) is 53.4 Å². The molecule has 0 amide bonds. The van der Waals surface area contributed by atoms with Crippen molar-refractivity contribution < 1.29 is 9.84 Å². The summed E-state index contributed by atoms with van der Waals surface area (Å²) in [6.07, 6.45) is 3.90. The molecule has 2 N–H and O–H groups in total. The number of hydrogen-bond acceptors (Lipinski definition) is 4. The Morgan fingerprint density at radius 1 is 1.17 bits per heavy atom. The van der Waals surface area contributed by atoms with Crippen molar-refractivity contribution in [2.24, 2.45) is 10.9 Å². The third kappa shape index (κ3) is 6.46. The Labute approximate surface area is 192 Å². The molecule has 0 aliphatic carbocycles. The zero-order chi connectivity index (χ0) is 19.9. The maximum absolute atomic E-state index is 9.80. The van der Waals surface area contributed by atoms with Crippen LogP contribution in [0, 0.1) is 5.92 Å². The summed E-state index contributed by atoms with van der Waals surface area (Å²) in [5.41, 5.74) is 1.34. The number of likely N-dealkylation sites (tertiary alicyclic amines) is 2. The molecular formula is C22H37IN4O2. The van der Waals surface area contributed by atoms with Crippen LogP contribution >= 0.6 is 24.0 Å². The van der Waals surface area contributed by atoms with E-state index >= 15 is 0 Å². The van der Waals surface area contributed by atoms with E-state index in [0.717, 1.165) is 57.3 Å². The minimum atomic E-state index is -0.162. The minimum Gasteiger partial charge on any atom is -0.497 e. The van der Waals surface area contributed by atoms with Gasteiger partial charge in [-0.2, -0.15) is 0 Å². The number of hydrogen-bond donors (Lipinski definition) is 2. The van der Waals surface area contributed by atoms with Crippen molar-refractivity contribution in [3.8, 4) is 5.75 Å². The van der Waals surface area contributed by atoms with Crippen LogP contribution in [0.1, 0.15) is 44.2 Å². The Hall–Kier alpha value is -1.06. The van der Waals surface area contributed by atoms with Crippen LogP contribution in [0.15, 0.2) is 29.3 Å². The van der Waals surface area contributed by atoms with Gasteiger partial charge in [0, 0.05) is 32.2 Å². The third-order valence-corrected chi connectivity index (χ3v) is 6.04. The number of halogens is 1. The summed E-state index contributed by atoms with van der Waals surface area (Å²) in [6, 6.07) is 8.88. The number of aliphatic hydroxyl groups excluding tert-OH is 1. The molecular weight excluding hydrogens is 479 g/mol. The largest absolute Gasteiger partial charge is 0.497 e. The number of benzene rings is 1. The van der Waals surface area contributed by atoms with E-state index < -0.39 is 0 Å². The Morgan fingerprint density at radius 3 is 2.48 bits per heavy atom. The van der Waals surface area contributed by atoms with Crippen molar-refractivity contribution in [1.82, 2.24) is 15.1 Å². The Balaban J connectivity index is 0.00000300. The van der Waals surface area contributed by atoms with E-state index in [9.17, 15) is 5.11 Å². The van der Waals surface area contributed by atoms with Crippen molar-refractivity contribution >= 4 is 29.9 Å². The molecule has 2 saturated heterocycles. The second kappa shape index (κ2) is 12.0. The zero-order valence-electron chi connectivity index (χ0n) is 18.0. The topological polar surface area (TPSA) is 60.3 Å². The molecule has 2 fully saturated rings. The predicted octanol–water partition coefficient (Wildman–Crippen LogP) is 3.12. The van der Waals surface area contributed by atoms with Crippen LogP contribution in [0.25, 0.3) is 0 Å². The number of aliphatic hydroxyl groups is 1. The molecule has 0 bridgehead atoms. The highest BCUT2D eigenvalue weighted by atomic mass is 127. The SMILES string of the molecule is CCNC(=NCC1CCCN(C)C1c1ccc(OC)cc1)N1CCC(O)CC1.I. The smallest absolute Gasteiger partial charge is 0.193 e. The van der Waals surface area contributed by atoms with Crippen LogP contribution in [-0.2, 0) is 0 Å². The number of nitrogens with one attached hydrogen (secondary N) is 1. The second-order valence-corrected chi connectivity index (χ2v) is 8.01. The lowest BCUT2D eigenvalue weighted by molar-refractivity contribution is 0.107. The van der Waals surface area contributed by atoms with Crippen LogP contribution in [-0.4, -0.2) is 73.9 Å². The third-order valence-electron chi connectivity index (χ3n) is 6.04. The van der Waals surface area contributed by atoms with Crippen LogP contribution in [0.4, 0.5) is 0 Å². The van der Waals surface area contributed by atoms with E-state index in [0.29, 0.717) is 12.0 Å². The molecule has 6 nitrogen and oxygen atoms in total. The fraction of sp³-hybridized carbons (Fsp3) is 0.682. The van der Waals surface area contributed by atoms with Gasteiger partial charge in [0.05, 0.1) is 13.2 Å². The summed E-state index contributed by atoms with van der Waals surface area (Å²) in [5.74, 6) is 2.39. The van der Waals surface area contributed by atoms with Crippen molar-refractivity contribution in [3.63, 3.8) is 0 Å². The molecule has 164 valence electrons. The number of methoxy groups -OCH3 is 1. The second-order valence-electron chi connectivity index (χ2n) is 8.01. The van der Waals surface area contributed by atoms with Gasteiger partial charge in [-0.15, -0.1) is 24.0 Å². The monoisotopic (exact) mass is 516 g/mol. The number of aliphatic imine (C=N–C) groups is 1. The molecule has 7 heteroatoms. The summed E-state index contributed by atoms with van der Waals surface area (Å²) in [4.78, 5) is 9.79. The lowest BCUT2D eigenvalue weighted by atomic mass is 9.85. The standard InChI is InChI=1S/C22H36N4O2.HI/c1-4-23-22(26-14-11-19(27)12-15-26)24-16-18-6-5-13-25(2)21(18)17-7-9-20(28-3)10-8-17;/h7-10,18-19,21,27H,4-6,11-16H2,1-3H3,(H,23,24);1H. The minimum absolute atomic E-state index is 0. The van der Waals surface area contributed by atoms with Gasteiger partial charge in [-0.3, -0.25) is 9.89 Å². The maximum Gasteiger partial charge on any atom is 0.193 e. The molecule has 2 unspecified atom stereocenters. The molecule has 1 aromatic rings. The van der Waals surface area contributed by atoms with Crippen molar-refractivity contribution in [2.45, 2.75) is 44.8 Å². The lowest BCUT2D eigenvalue weighted by Gasteiger charge is -2.39. The van der Waals surface area contributed by atoms with Gasteiger partial charge in [0.1, 0.15) is 5.75 Å². The quantitative estimate of drug-likeness (QED) is 0.358. The van der Waals surface area contributed by atoms with Gasteiger partial charge in [0.25, 0.3) is 0 Å². The molecule has 0 radical (unpaired) electrons. The van der Waals surface area contributed by atoms with Gasteiger partial charge in [-0.25, -0.2) is 0 Å². The van der Waals surface area contributed by atoms with Gasteiger partial charge in [-0.05, 0) is 69.8 Å². The predicted molar refractivity (Wildman–Crippen MR) is 129 cm³/mol. The lowest BCUT2D eigenvalue weighted by Crippen LogP contribution is -2.47. The van der Waals surface area contributed by atoms with Crippen LogP contribution in [0.2, 0.25) is 0 Å². The number of ether oxygens (including phenoxy) is 1. The first-order valence-corrected chi connectivity index (χ1v) is 10.7. The van der Waals surface area contributed by atoms with E-state index in [-0.39, 0.29) is 30.1 Å². The van der Waals surface area contributed by atoms with Gasteiger partial charge >= 0.3 is 0 Å². The van der Waals surface area contributed by atoms with Crippen molar-refractivity contribution in [3.05, 3.63) is 29.8 Å². The number of rotatable bonds is 5. The van der Waals surface area contributed by atoms with Crippen LogP contribution in [0.5, 0.6) is 5.75 Å². The molecule has 1 aromatic carbocycles. The van der Waals surface area contributed by atoms with Gasteiger partial charge < -0.3 is 20.1 Å². The van der Waals surface area contributed by atoms with Crippen LogP contribution in [0.3, 0.4) is 0 Å². The first-order valence-electron chi connectivity index (χ1n) is 10.7. The zero-order valence-corrected chi connectivity index (χ0v) is 20.3.